The fraction of sp³-hybridized carbons (Fsp3) is 0.455. The van der Waals surface area contributed by atoms with Gasteiger partial charge in [-0.2, -0.15) is 5.06 Å². The van der Waals surface area contributed by atoms with Crippen LogP contribution in [-0.2, 0) is 17.7 Å². The van der Waals surface area contributed by atoms with Gasteiger partial charge in [-0.05, 0) is 99.5 Å². The van der Waals surface area contributed by atoms with Gasteiger partial charge in [0.2, 0.25) is 0 Å². The van der Waals surface area contributed by atoms with E-state index in [0.717, 1.165) is 32.1 Å². The van der Waals surface area contributed by atoms with Gasteiger partial charge in [0.05, 0.1) is 7.11 Å². The topological polar surface area (TPSA) is 12.5 Å². The van der Waals surface area contributed by atoms with E-state index >= 15 is 0 Å². The van der Waals surface area contributed by atoms with Crippen LogP contribution in [0.5, 0.6) is 0 Å². The van der Waals surface area contributed by atoms with Gasteiger partial charge < -0.3 is 4.84 Å². The Hall–Kier alpha value is -2.42. The van der Waals surface area contributed by atoms with Crippen molar-refractivity contribution in [1.29, 1.82) is 0 Å². The van der Waals surface area contributed by atoms with E-state index in [4.69, 9.17) is 4.84 Å². The summed E-state index contributed by atoms with van der Waals surface area (Å²) < 4.78 is 0. The van der Waals surface area contributed by atoms with Crippen molar-refractivity contribution in [3.63, 3.8) is 0 Å². The molecule has 1 aliphatic carbocycles. The molecule has 35 heavy (non-hydrogen) atoms. The highest BCUT2D eigenvalue weighted by molar-refractivity contribution is 5.68. The summed E-state index contributed by atoms with van der Waals surface area (Å²) in [7, 11) is 1.81. The molecule has 2 nitrogen and oxygen atoms in total. The third-order valence-electron chi connectivity index (χ3n) is 7.84. The summed E-state index contributed by atoms with van der Waals surface area (Å²) in [6, 6.07) is 16.5. The lowest BCUT2D eigenvalue weighted by Crippen LogP contribution is -2.59. The molecule has 1 fully saturated rings. The van der Waals surface area contributed by atoms with Crippen LogP contribution in [0, 0.1) is 5.92 Å². The van der Waals surface area contributed by atoms with E-state index < -0.39 is 0 Å². The number of piperidine rings is 1. The van der Waals surface area contributed by atoms with Crippen LogP contribution in [0.2, 0.25) is 0 Å². The minimum atomic E-state index is 0.000888. The minimum Gasteiger partial charge on any atom is -0.301 e. The lowest BCUT2D eigenvalue weighted by molar-refractivity contribution is -0.266. The molecule has 2 aromatic carbocycles. The van der Waals surface area contributed by atoms with Gasteiger partial charge in [0, 0.05) is 11.1 Å². The fourth-order valence-electron chi connectivity index (χ4n) is 6.42. The number of aryl methyl sites for hydroxylation is 2. The largest absolute Gasteiger partial charge is 0.301 e. The minimum absolute atomic E-state index is 0.000888. The summed E-state index contributed by atoms with van der Waals surface area (Å²) in [5.41, 5.74) is 7.03. The SMILES string of the molecule is CCc1cc(C2CC(C)(C)N(OC)C(C)(C)C2)ccc1-c1ccc(CCC2C=CC=CC=C2)cc1. The molecule has 0 radical (unpaired) electrons. The van der Waals surface area contributed by atoms with E-state index in [-0.39, 0.29) is 11.1 Å². The highest BCUT2D eigenvalue weighted by Crippen LogP contribution is 2.46. The van der Waals surface area contributed by atoms with Crippen molar-refractivity contribution in [1.82, 2.24) is 5.06 Å². The van der Waals surface area contributed by atoms with E-state index in [0.29, 0.717) is 11.8 Å². The van der Waals surface area contributed by atoms with Gasteiger partial charge in [-0.3, -0.25) is 0 Å². The molecule has 0 aromatic heterocycles. The Morgan fingerprint density at radius 3 is 2.06 bits per heavy atom. The standard InChI is InChI=1S/C33H43NO/c1-7-27-22-29(30-23-32(2,3)34(35-6)33(4,5)24-30)20-21-31(27)28-18-16-26(17-19-28)15-14-25-12-10-8-9-11-13-25/h8-13,16-22,25,30H,7,14-15,23-24H2,1-6H3. The Bertz CT molecular complexity index is 1050. The van der Waals surface area contributed by atoms with Gasteiger partial charge in [0.25, 0.3) is 0 Å². The molecule has 1 aliphatic heterocycles. The number of allylic oxidation sites excluding steroid dienone is 6. The van der Waals surface area contributed by atoms with Crippen LogP contribution in [0.15, 0.2) is 78.9 Å². The van der Waals surface area contributed by atoms with E-state index in [9.17, 15) is 0 Å². The number of hydrogen-bond acceptors (Lipinski definition) is 2. The lowest BCUT2D eigenvalue weighted by atomic mass is 9.72. The third kappa shape index (κ3) is 5.88. The molecule has 186 valence electrons. The first-order valence-corrected chi connectivity index (χ1v) is 13.3. The molecular weight excluding hydrogens is 426 g/mol. The molecule has 0 atom stereocenters. The number of hydroxylamine groups is 2. The Morgan fingerprint density at radius 1 is 0.857 bits per heavy atom. The summed E-state index contributed by atoms with van der Waals surface area (Å²) in [5.74, 6) is 1.06. The molecule has 0 unspecified atom stereocenters. The number of benzene rings is 2. The van der Waals surface area contributed by atoms with Crippen molar-refractivity contribution >= 4 is 0 Å². The molecule has 0 N–H and O–H groups in total. The molecule has 0 bridgehead atoms. The van der Waals surface area contributed by atoms with Crippen LogP contribution in [0.25, 0.3) is 11.1 Å². The monoisotopic (exact) mass is 469 g/mol. The van der Waals surface area contributed by atoms with Crippen LogP contribution in [0.1, 0.15) is 76.5 Å². The number of hydrogen-bond donors (Lipinski definition) is 0. The van der Waals surface area contributed by atoms with Crippen molar-refractivity contribution < 1.29 is 4.84 Å². The highest BCUT2D eigenvalue weighted by atomic mass is 16.7. The van der Waals surface area contributed by atoms with E-state index in [2.05, 4.69) is 119 Å². The van der Waals surface area contributed by atoms with Crippen LogP contribution >= 0.6 is 0 Å². The van der Waals surface area contributed by atoms with Crippen molar-refractivity contribution in [3.8, 4) is 11.1 Å². The van der Waals surface area contributed by atoms with Crippen molar-refractivity contribution in [2.24, 2.45) is 5.92 Å². The summed E-state index contributed by atoms with van der Waals surface area (Å²) in [4.78, 5) is 5.82. The van der Waals surface area contributed by atoms with Crippen LogP contribution < -0.4 is 0 Å². The first-order valence-electron chi connectivity index (χ1n) is 13.3. The fourth-order valence-corrected chi connectivity index (χ4v) is 6.42. The zero-order chi connectivity index (χ0) is 25.1. The second-order valence-corrected chi connectivity index (χ2v) is 11.5. The average molecular weight is 470 g/mol. The van der Waals surface area contributed by atoms with E-state index in [1.54, 1.807) is 0 Å². The molecule has 2 aromatic rings. The summed E-state index contributed by atoms with van der Waals surface area (Å²) in [5, 5.41) is 2.20. The quantitative estimate of drug-likeness (QED) is 0.403. The second kappa shape index (κ2) is 10.7. The van der Waals surface area contributed by atoms with Gasteiger partial charge in [-0.15, -0.1) is 0 Å². The number of nitrogens with zero attached hydrogens (tertiary/aromatic N) is 1. The van der Waals surface area contributed by atoms with Crippen molar-refractivity contribution in [2.75, 3.05) is 7.11 Å². The van der Waals surface area contributed by atoms with Crippen LogP contribution in [-0.4, -0.2) is 23.3 Å². The Morgan fingerprint density at radius 2 is 1.49 bits per heavy atom. The predicted molar refractivity (Wildman–Crippen MR) is 149 cm³/mol. The second-order valence-electron chi connectivity index (χ2n) is 11.5. The van der Waals surface area contributed by atoms with Gasteiger partial charge >= 0.3 is 0 Å². The van der Waals surface area contributed by atoms with Gasteiger partial charge in [0.1, 0.15) is 0 Å². The third-order valence-corrected chi connectivity index (χ3v) is 7.84. The van der Waals surface area contributed by atoms with Gasteiger partial charge in [-0.1, -0.05) is 85.8 Å². The molecule has 1 heterocycles. The Kier molecular flexibility index (Phi) is 7.83. The molecule has 0 spiro atoms. The number of rotatable bonds is 7. The first kappa shape index (κ1) is 25.7. The molecule has 1 saturated heterocycles. The molecule has 0 amide bonds. The highest BCUT2D eigenvalue weighted by Gasteiger charge is 2.46. The van der Waals surface area contributed by atoms with E-state index in [1.165, 1.54) is 27.8 Å². The molecule has 4 rings (SSSR count). The van der Waals surface area contributed by atoms with Gasteiger partial charge in [-0.25, -0.2) is 0 Å². The molecule has 2 heteroatoms. The predicted octanol–water partition coefficient (Wildman–Crippen LogP) is 8.45. The smallest absolute Gasteiger partial charge is 0.0575 e. The maximum atomic E-state index is 5.82. The van der Waals surface area contributed by atoms with Crippen LogP contribution in [0.4, 0.5) is 0 Å². The summed E-state index contributed by atoms with van der Waals surface area (Å²) in [6.45, 7) is 11.5. The maximum absolute atomic E-state index is 5.82. The maximum Gasteiger partial charge on any atom is 0.0575 e. The summed E-state index contributed by atoms with van der Waals surface area (Å²) in [6.07, 6.45) is 18.6. The lowest BCUT2D eigenvalue weighted by Gasteiger charge is -2.53. The average Bonchev–Trinajstić information content (AvgIpc) is 3.10. The Balaban J connectivity index is 1.49. The molecule has 2 aliphatic rings. The van der Waals surface area contributed by atoms with Crippen LogP contribution in [0.3, 0.4) is 0 Å². The Labute approximate surface area is 213 Å². The summed E-state index contributed by atoms with van der Waals surface area (Å²) >= 11 is 0. The van der Waals surface area contributed by atoms with Gasteiger partial charge in [0.15, 0.2) is 0 Å². The normalized spacial score (nSPS) is 20.3. The van der Waals surface area contributed by atoms with E-state index in [1.807, 2.05) is 7.11 Å². The zero-order valence-electron chi connectivity index (χ0n) is 22.6. The molecular formula is C33H43NO. The zero-order valence-corrected chi connectivity index (χ0v) is 22.6. The van der Waals surface area contributed by atoms with Crippen molar-refractivity contribution in [3.05, 3.63) is 95.6 Å². The van der Waals surface area contributed by atoms with Crippen molar-refractivity contribution in [2.45, 2.75) is 83.7 Å². The first-order chi connectivity index (χ1) is 16.7. The molecule has 0 saturated carbocycles.